The minimum atomic E-state index is -1.53. The molecule has 0 fully saturated rings. The van der Waals surface area contributed by atoms with Gasteiger partial charge >= 0.3 is 5.97 Å². The van der Waals surface area contributed by atoms with Crippen molar-refractivity contribution in [3.05, 3.63) is 34.6 Å². The molecule has 1 aromatic carbocycles. The van der Waals surface area contributed by atoms with Crippen molar-refractivity contribution in [1.82, 2.24) is 0 Å². The monoisotopic (exact) mass is 404 g/mol. The van der Waals surface area contributed by atoms with Crippen LogP contribution in [-0.4, -0.2) is 23.3 Å². The van der Waals surface area contributed by atoms with Crippen molar-refractivity contribution in [2.75, 3.05) is 0 Å². The largest absolute Gasteiger partial charge is 0.459 e. The van der Waals surface area contributed by atoms with E-state index < -0.39 is 34.0 Å². The Morgan fingerprint density at radius 2 is 1.96 bits per heavy atom. The first-order chi connectivity index (χ1) is 10.9. The first kappa shape index (κ1) is 19.3. The Morgan fingerprint density at radius 3 is 2.50 bits per heavy atom. The maximum Gasteiger partial charge on any atom is 0.324 e. The maximum atomic E-state index is 14.3. The summed E-state index contributed by atoms with van der Waals surface area (Å²) in [7, 11) is 0. The standard InChI is InChI=1S/C18H23BrF2O3/c1-17(2,3)24-16(22)15(19)13-7-11(20)6-10-9-23-14(8-12(10)13)18(4,5)21/h6-7,14-15H,8-9H2,1-5H3. The highest BCUT2D eigenvalue weighted by molar-refractivity contribution is 9.09. The molecule has 0 saturated carbocycles. The molecule has 1 heterocycles. The minimum Gasteiger partial charge on any atom is -0.459 e. The first-order valence-electron chi connectivity index (χ1n) is 7.87. The lowest BCUT2D eigenvalue weighted by molar-refractivity contribution is -0.154. The summed E-state index contributed by atoms with van der Waals surface area (Å²) in [6, 6.07) is 2.67. The number of carbonyl (C=O) groups is 1. The molecule has 24 heavy (non-hydrogen) atoms. The molecule has 1 aliphatic heterocycles. The van der Waals surface area contributed by atoms with E-state index in [1.165, 1.54) is 26.0 Å². The van der Waals surface area contributed by atoms with Crippen LogP contribution < -0.4 is 0 Å². The van der Waals surface area contributed by atoms with Gasteiger partial charge < -0.3 is 9.47 Å². The zero-order valence-electron chi connectivity index (χ0n) is 14.6. The van der Waals surface area contributed by atoms with Crippen LogP contribution in [-0.2, 0) is 27.3 Å². The summed E-state index contributed by atoms with van der Waals surface area (Å²) in [6.45, 7) is 8.31. The SMILES string of the molecule is CC(C)(C)OC(=O)C(Br)c1cc(F)cc2c1CC(C(C)(C)F)OC2. The maximum absolute atomic E-state index is 14.3. The van der Waals surface area contributed by atoms with Gasteiger partial charge in [-0.05, 0) is 63.4 Å². The van der Waals surface area contributed by atoms with E-state index in [1.54, 1.807) is 20.8 Å². The molecule has 2 atom stereocenters. The van der Waals surface area contributed by atoms with Gasteiger partial charge in [0, 0.05) is 6.42 Å². The predicted octanol–water partition coefficient (Wildman–Crippen LogP) is 4.79. The van der Waals surface area contributed by atoms with Crippen molar-refractivity contribution >= 4 is 21.9 Å². The van der Waals surface area contributed by atoms with Crippen LogP contribution in [0.1, 0.15) is 56.1 Å². The van der Waals surface area contributed by atoms with Crippen LogP contribution in [0.3, 0.4) is 0 Å². The summed E-state index contributed by atoms with van der Waals surface area (Å²) in [5.74, 6) is -0.962. The van der Waals surface area contributed by atoms with Gasteiger partial charge in [0.05, 0.1) is 12.7 Å². The third-order valence-electron chi connectivity index (χ3n) is 3.82. The highest BCUT2D eigenvalue weighted by atomic mass is 79.9. The minimum absolute atomic E-state index is 0.117. The average molecular weight is 405 g/mol. The molecule has 0 saturated heterocycles. The number of carbonyl (C=O) groups excluding carboxylic acids is 1. The van der Waals surface area contributed by atoms with Crippen LogP contribution in [0.5, 0.6) is 0 Å². The molecule has 2 rings (SSSR count). The first-order valence-corrected chi connectivity index (χ1v) is 8.78. The third kappa shape index (κ3) is 4.54. The Morgan fingerprint density at radius 1 is 1.33 bits per heavy atom. The second-order valence-electron chi connectivity index (χ2n) is 7.60. The molecule has 3 nitrogen and oxygen atoms in total. The van der Waals surface area contributed by atoms with Crippen LogP contribution in [0.2, 0.25) is 0 Å². The lowest BCUT2D eigenvalue weighted by atomic mass is 9.87. The van der Waals surface area contributed by atoms with Gasteiger partial charge in [0.25, 0.3) is 0 Å². The van der Waals surface area contributed by atoms with Crippen molar-refractivity contribution in [2.24, 2.45) is 0 Å². The van der Waals surface area contributed by atoms with Crippen molar-refractivity contribution in [3.8, 4) is 0 Å². The molecule has 0 radical (unpaired) electrons. The van der Waals surface area contributed by atoms with Gasteiger partial charge in [-0.3, -0.25) is 4.79 Å². The molecule has 1 aromatic rings. The highest BCUT2D eigenvalue weighted by Gasteiger charge is 2.36. The number of hydrogen-bond donors (Lipinski definition) is 0. The number of fused-ring (bicyclic) bond motifs is 1. The zero-order chi connectivity index (χ0) is 18.3. The number of halogens is 3. The number of ether oxygens (including phenoxy) is 2. The quantitative estimate of drug-likeness (QED) is 0.536. The van der Waals surface area contributed by atoms with Gasteiger partial charge in [0.15, 0.2) is 0 Å². The van der Waals surface area contributed by atoms with E-state index >= 15 is 0 Å². The topological polar surface area (TPSA) is 35.5 Å². The van der Waals surface area contributed by atoms with Crippen molar-refractivity contribution < 1.29 is 23.0 Å². The van der Waals surface area contributed by atoms with Gasteiger partial charge in [-0.25, -0.2) is 8.78 Å². The molecule has 0 bridgehead atoms. The molecule has 0 N–H and O–H groups in total. The van der Waals surface area contributed by atoms with Crippen LogP contribution in [0.25, 0.3) is 0 Å². The van der Waals surface area contributed by atoms with Crippen molar-refractivity contribution in [2.45, 2.75) is 69.8 Å². The van der Waals surface area contributed by atoms with Crippen LogP contribution >= 0.6 is 15.9 Å². The molecule has 134 valence electrons. The number of benzene rings is 1. The second-order valence-corrected chi connectivity index (χ2v) is 8.51. The number of rotatable bonds is 3. The van der Waals surface area contributed by atoms with Crippen LogP contribution in [0.4, 0.5) is 8.78 Å². The molecular weight excluding hydrogens is 382 g/mol. The number of alkyl halides is 2. The molecule has 0 aliphatic carbocycles. The molecular formula is C18H23BrF2O3. The Hall–Kier alpha value is -1.01. The lowest BCUT2D eigenvalue weighted by Gasteiger charge is -2.33. The van der Waals surface area contributed by atoms with E-state index in [4.69, 9.17) is 9.47 Å². The van der Waals surface area contributed by atoms with Crippen LogP contribution in [0, 0.1) is 5.82 Å². The summed E-state index contributed by atoms with van der Waals surface area (Å²) >= 11 is 3.31. The zero-order valence-corrected chi connectivity index (χ0v) is 16.2. The Kier molecular flexibility index (Phi) is 5.40. The fraction of sp³-hybridized carbons (Fsp3) is 0.611. The van der Waals surface area contributed by atoms with Gasteiger partial charge in [-0.2, -0.15) is 0 Å². The molecule has 0 aromatic heterocycles. The van der Waals surface area contributed by atoms with Gasteiger partial charge in [0.2, 0.25) is 0 Å². The summed E-state index contributed by atoms with van der Waals surface area (Å²) in [5, 5.41) is 0. The summed E-state index contributed by atoms with van der Waals surface area (Å²) in [6.07, 6.45) is -0.369. The van der Waals surface area contributed by atoms with Gasteiger partial charge in [-0.1, -0.05) is 15.9 Å². The molecule has 0 amide bonds. The van der Waals surface area contributed by atoms with E-state index in [0.29, 0.717) is 11.1 Å². The Bertz CT molecular complexity index is 632. The normalized spacial score (nSPS) is 19.6. The predicted molar refractivity (Wildman–Crippen MR) is 91.4 cm³/mol. The average Bonchev–Trinajstić information content (AvgIpc) is 2.42. The summed E-state index contributed by atoms with van der Waals surface area (Å²) < 4.78 is 39.1. The van der Waals surface area contributed by atoms with Gasteiger partial charge in [0.1, 0.15) is 21.9 Å². The Labute approximate surface area is 149 Å². The fourth-order valence-corrected chi connectivity index (χ4v) is 3.18. The van der Waals surface area contributed by atoms with Gasteiger partial charge in [-0.15, -0.1) is 0 Å². The fourth-order valence-electron chi connectivity index (χ4n) is 2.68. The molecule has 2 unspecified atom stereocenters. The smallest absolute Gasteiger partial charge is 0.324 e. The van der Waals surface area contributed by atoms with Crippen molar-refractivity contribution in [1.29, 1.82) is 0 Å². The third-order valence-corrected chi connectivity index (χ3v) is 4.69. The lowest BCUT2D eigenvalue weighted by Crippen LogP contribution is -2.39. The van der Waals surface area contributed by atoms with Crippen molar-refractivity contribution in [3.63, 3.8) is 0 Å². The number of hydrogen-bond acceptors (Lipinski definition) is 3. The van der Waals surface area contributed by atoms with E-state index in [2.05, 4.69) is 15.9 Å². The van der Waals surface area contributed by atoms with E-state index in [-0.39, 0.29) is 13.0 Å². The summed E-state index contributed by atoms with van der Waals surface area (Å²) in [5.41, 5.74) is -0.332. The molecule has 0 spiro atoms. The highest BCUT2D eigenvalue weighted by Crippen LogP contribution is 2.37. The van der Waals surface area contributed by atoms with E-state index in [1.807, 2.05) is 0 Å². The number of esters is 1. The molecule has 6 heteroatoms. The van der Waals surface area contributed by atoms with Crippen LogP contribution in [0.15, 0.2) is 12.1 Å². The summed E-state index contributed by atoms with van der Waals surface area (Å²) in [4.78, 5) is 11.5. The Balaban J connectivity index is 2.37. The van der Waals surface area contributed by atoms with E-state index in [9.17, 15) is 13.6 Å². The molecule has 1 aliphatic rings. The van der Waals surface area contributed by atoms with E-state index in [0.717, 1.165) is 5.56 Å². The second kappa shape index (κ2) is 6.71.